The summed E-state index contributed by atoms with van der Waals surface area (Å²) < 4.78 is 1.42. The van der Waals surface area contributed by atoms with E-state index in [1.807, 2.05) is 18.2 Å². The molecule has 10 nitrogen and oxygen atoms in total. The molecule has 0 radical (unpaired) electrons. The molecule has 1 atom stereocenters. The second-order valence-corrected chi connectivity index (χ2v) is 5.73. The van der Waals surface area contributed by atoms with E-state index in [0.717, 1.165) is 5.69 Å². The molecule has 1 saturated heterocycles. The number of pyridine rings is 1. The smallest absolute Gasteiger partial charge is 0.245 e. The van der Waals surface area contributed by atoms with Crippen molar-refractivity contribution in [3.05, 3.63) is 35.9 Å². The summed E-state index contributed by atoms with van der Waals surface area (Å²) in [5, 5.41) is 17.1. The molecular weight excluding hydrogens is 324 g/mol. The first kappa shape index (κ1) is 17.0. The van der Waals surface area contributed by atoms with Crippen LogP contribution in [0.5, 0.6) is 0 Å². The van der Waals surface area contributed by atoms with E-state index in [1.54, 1.807) is 18.0 Å². The van der Waals surface area contributed by atoms with E-state index in [0.29, 0.717) is 32.0 Å². The molecule has 1 aliphatic heterocycles. The standard InChI is InChI=1S/C15H20N8O2/c1-11-19-20-21-23(11)10-14(24)22-7-6-16-9-13(22)15(25)18-8-12-4-2-3-5-17-12/h2-5,13,16H,6-10H2,1H3,(H,18,25). The van der Waals surface area contributed by atoms with Gasteiger partial charge in [-0.1, -0.05) is 6.07 Å². The highest BCUT2D eigenvalue weighted by atomic mass is 16.2. The number of aromatic nitrogens is 5. The van der Waals surface area contributed by atoms with E-state index in [-0.39, 0.29) is 18.4 Å². The van der Waals surface area contributed by atoms with Gasteiger partial charge in [-0.25, -0.2) is 4.68 Å². The predicted octanol–water partition coefficient (Wildman–Crippen LogP) is -1.51. The van der Waals surface area contributed by atoms with Crippen molar-refractivity contribution in [1.29, 1.82) is 0 Å². The summed E-state index contributed by atoms with van der Waals surface area (Å²) in [5.74, 6) is 0.161. The molecule has 2 aromatic heterocycles. The van der Waals surface area contributed by atoms with Crippen LogP contribution in [0, 0.1) is 6.92 Å². The molecule has 0 aliphatic carbocycles. The fraction of sp³-hybridized carbons (Fsp3) is 0.467. The number of rotatable bonds is 5. The van der Waals surface area contributed by atoms with Crippen LogP contribution in [0.4, 0.5) is 0 Å². The summed E-state index contributed by atoms with van der Waals surface area (Å²) in [6.07, 6.45) is 1.67. The zero-order chi connectivity index (χ0) is 17.6. The van der Waals surface area contributed by atoms with Gasteiger partial charge in [-0.05, 0) is 29.5 Å². The zero-order valence-electron chi connectivity index (χ0n) is 13.9. The van der Waals surface area contributed by atoms with Crippen molar-refractivity contribution < 1.29 is 9.59 Å². The summed E-state index contributed by atoms with van der Waals surface area (Å²) in [4.78, 5) is 30.9. The average Bonchev–Trinajstić information content (AvgIpc) is 3.05. The minimum Gasteiger partial charge on any atom is -0.349 e. The van der Waals surface area contributed by atoms with Gasteiger partial charge in [0.25, 0.3) is 0 Å². The summed E-state index contributed by atoms with van der Waals surface area (Å²) in [7, 11) is 0. The minimum absolute atomic E-state index is 0.0167. The van der Waals surface area contributed by atoms with Gasteiger partial charge in [0.1, 0.15) is 18.4 Å². The summed E-state index contributed by atoms with van der Waals surface area (Å²) in [5.41, 5.74) is 0.766. The molecule has 0 bridgehead atoms. The van der Waals surface area contributed by atoms with Crippen molar-refractivity contribution in [1.82, 2.24) is 40.7 Å². The second-order valence-electron chi connectivity index (χ2n) is 5.73. The van der Waals surface area contributed by atoms with Gasteiger partial charge in [0.2, 0.25) is 11.8 Å². The number of carbonyl (C=O) groups excluding carboxylic acids is 2. The van der Waals surface area contributed by atoms with Crippen LogP contribution in [0.1, 0.15) is 11.5 Å². The molecule has 3 heterocycles. The minimum atomic E-state index is -0.568. The molecule has 132 valence electrons. The van der Waals surface area contributed by atoms with E-state index in [1.165, 1.54) is 4.68 Å². The Hall–Kier alpha value is -2.88. The number of piperazine rings is 1. The molecule has 25 heavy (non-hydrogen) atoms. The van der Waals surface area contributed by atoms with Gasteiger partial charge in [-0.15, -0.1) is 5.10 Å². The van der Waals surface area contributed by atoms with Crippen molar-refractivity contribution in [3.63, 3.8) is 0 Å². The van der Waals surface area contributed by atoms with Gasteiger partial charge in [0.15, 0.2) is 0 Å². The van der Waals surface area contributed by atoms with Crippen LogP contribution in [-0.2, 0) is 22.7 Å². The number of aryl methyl sites for hydroxylation is 1. The number of nitrogens with zero attached hydrogens (tertiary/aromatic N) is 6. The highest BCUT2D eigenvalue weighted by Crippen LogP contribution is 2.06. The first-order valence-corrected chi connectivity index (χ1v) is 8.05. The third kappa shape index (κ3) is 4.15. The maximum atomic E-state index is 12.6. The quantitative estimate of drug-likeness (QED) is 0.677. The fourth-order valence-electron chi connectivity index (χ4n) is 2.65. The molecule has 0 aromatic carbocycles. The van der Waals surface area contributed by atoms with Crippen LogP contribution < -0.4 is 10.6 Å². The van der Waals surface area contributed by atoms with Crippen LogP contribution >= 0.6 is 0 Å². The number of hydrogen-bond donors (Lipinski definition) is 2. The Balaban J connectivity index is 1.62. The van der Waals surface area contributed by atoms with Crippen LogP contribution in [0.25, 0.3) is 0 Å². The first-order valence-electron chi connectivity index (χ1n) is 8.05. The lowest BCUT2D eigenvalue weighted by Gasteiger charge is -2.35. The summed E-state index contributed by atoms with van der Waals surface area (Å²) in [6, 6.07) is 4.95. The number of hydrogen-bond acceptors (Lipinski definition) is 7. The fourth-order valence-corrected chi connectivity index (χ4v) is 2.65. The second kappa shape index (κ2) is 7.79. The Morgan fingerprint density at radius 3 is 3.00 bits per heavy atom. The molecule has 1 fully saturated rings. The van der Waals surface area contributed by atoms with Crippen molar-refractivity contribution in [2.75, 3.05) is 19.6 Å². The van der Waals surface area contributed by atoms with Crippen molar-refractivity contribution in [3.8, 4) is 0 Å². The highest BCUT2D eigenvalue weighted by Gasteiger charge is 2.32. The Labute approximate surface area is 144 Å². The van der Waals surface area contributed by atoms with Gasteiger partial charge < -0.3 is 15.5 Å². The Bertz CT molecular complexity index is 732. The van der Waals surface area contributed by atoms with Gasteiger partial charge in [0.05, 0.1) is 12.2 Å². The lowest BCUT2D eigenvalue weighted by atomic mass is 10.1. The van der Waals surface area contributed by atoms with E-state index in [2.05, 4.69) is 31.1 Å². The van der Waals surface area contributed by atoms with Crippen molar-refractivity contribution in [2.24, 2.45) is 0 Å². The molecule has 1 unspecified atom stereocenters. The third-order valence-electron chi connectivity index (χ3n) is 4.03. The largest absolute Gasteiger partial charge is 0.349 e. The molecule has 1 aliphatic rings. The predicted molar refractivity (Wildman–Crippen MR) is 87.0 cm³/mol. The number of nitrogens with one attached hydrogen (secondary N) is 2. The average molecular weight is 344 g/mol. The maximum Gasteiger partial charge on any atom is 0.245 e. The van der Waals surface area contributed by atoms with Crippen LogP contribution in [0.2, 0.25) is 0 Å². The molecule has 3 rings (SSSR count). The van der Waals surface area contributed by atoms with Crippen molar-refractivity contribution in [2.45, 2.75) is 26.1 Å². The summed E-state index contributed by atoms with van der Waals surface area (Å²) in [6.45, 7) is 3.58. The molecule has 10 heteroatoms. The molecule has 0 spiro atoms. The number of carbonyl (C=O) groups is 2. The Morgan fingerprint density at radius 1 is 1.40 bits per heavy atom. The maximum absolute atomic E-state index is 12.6. The summed E-state index contributed by atoms with van der Waals surface area (Å²) >= 11 is 0. The molecule has 0 saturated carbocycles. The van der Waals surface area contributed by atoms with Crippen LogP contribution in [0.3, 0.4) is 0 Å². The van der Waals surface area contributed by atoms with Gasteiger partial charge in [0, 0.05) is 25.8 Å². The lowest BCUT2D eigenvalue weighted by molar-refractivity contribution is -0.142. The Kier molecular flexibility index (Phi) is 5.29. The van der Waals surface area contributed by atoms with Gasteiger partial charge >= 0.3 is 0 Å². The third-order valence-corrected chi connectivity index (χ3v) is 4.03. The first-order chi connectivity index (χ1) is 12.1. The van der Waals surface area contributed by atoms with Crippen LogP contribution in [-0.4, -0.2) is 67.6 Å². The van der Waals surface area contributed by atoms with E-state index >= 15 is 0 Å². The number of amides is 2. The Morgan fingerprint density at radius 2 is 2.28 bits per heavy atom. The topological polar surface area (TPSA) is 118 Å². The van der Waals surface area contributed by atoms with Gasteiger partial charge in [-0.2, -0.15) is 0 Å². The molecule has 2 amide bonds. The highest BCUT2D eigenvalue weighted by molar-refractivity contribution is 5.88. The molecular formula is C15H20N8O2. The number of tetrazole rings is 1. The zero-order valence-corrected chi connectivity index (χ0v) is 13.9. The van der Waals surface area contributed by atoms with E-state index in [9.17, 15) is 9.59 Å². The van der Waals surface area contributed by atoms with E-state index in [4.69, 9.17) is 0 Å². The normalized spacial score (nSPS) is 17.3. The molecule has 2 N–H and O–H groups in total. The van der Waals surface area contributed by atoms with Crippen molar-refractivity contribution >= 4 is 11.8 Å². The molecule has 2 aromatic rings. The monoisotopic (exact) mass is 344 g/mol. The van der Waals surface area contributed by atoms with E-state index < -0.39 is 6.04 Å². The van der Waals surface area contributed by atoms with Gasteiger partial charge in [-0.3, -0.25) is 14.6 Å². The van der Waals surface area contributed by atoms with Crippen LogP contribution in [0.15, 0.2) is 24.4 Å². The lowest BCUT2D eigenvalue weighted by Crippen LogP contribution is -2.60. The SMILES string of the molecule is Cc1nnnn1CC(=O)N1CCNCC1C(=O)NCc1ccccn1.